The van der Waals surface area contributed by atoms with Gasteiger partial charge in [-0.15, -0.1) is 0 Å². The van der Waals surface area contributed by atoms with E-state index < -0.39 is 16.2 Å². The van der Waals surface area contributed by atoms with Crippen LogP contribution in [0.3, 0.4) is 0 Å². The first-order chi connectivity index (χ1) is 9.88. The van der Waals surface area contributed by atoms with E-state index in [1.54, 1.807) is 12.1 Å². The first-order valence-corrected chi connectivity index (χ1v) is 8.95. The number of hydrogen-bond donors (Lipinski definition) is 1. The maximum absolute atomic E-state index is 12.0. The quantitative estimate of drug-likeness (QED) is 0.633. The van der Waals surface area contributed by atoms with E-state index in [0.29, 0.717) is 6.42 Å². The molecule has 118 valence electrons. The maximum atomic E-state index is 12.0. The minimum atomic E-state index is -3.73. The number of rotatable bonds is 6. The fraction of sp³-hybridized carbons (Fsp3) is 0.571. The Morgan fingerprint density at radius 1 is 1.43 bits per heavy atom. The average Bonchev–Trinajstić information content (AvgIpc) is 2.86. The van der Waals surface area contributed by atoms with Gasteiger partial charge in [0.15, 0.2) is 0 Å². The third kappa shape index (κ3) is 4.73. The van der Waals surface area contributed by atoms with Gasteiger partial charge in [0.2, 0.25) is 0 Å². The summed E-state index contributed by atoms with van der Waals surface area (Å²) in [4.78, 5) is 0.152. The predicted octanol–water partition coefficient (Wildman–Crippen LogP) is 1.56. The summed E-state index contributed by atoms with van der Waals surface area (Å²) in [5.74, 6) is 0.188. The molecule has 2 rings (SSSR count). The molecular weight excluding hydrogens is 309 g/mol. The van der Waals surface area contributed by atoms with Crippen LogP contribution >= 0.6 is 9.39 Å². The molecule has 1 saturated heterocycles. The van der Waals surface area contributed by atoms with E-state index in [-0.39, 0.29) is 17.4 Å². The Bertz CT molecular complexity index is 561. The van der Waals surface area contributed by atoms with Crippen molar-refractivity contribution in [2.45, 2.75) is 30.8 Å². The first kappa shape index (κ1) is 16.8. The molecule has 3 atom stereocenters. The Morgan fingerprint density at radius 2 is 2.10 bits per heavy atom. The van der Waals surface area contributed by atoms with Crippen LogP contribution in [0.2, 0.25) is 0 Å². The predicted molar refractivity (Wildman–Crippen MR) is 84.3 cm³/mol. The van der Waals surface area contributed by atoms with Crippen LogP contribution in [0.1, 0.15) is 18.4 Å². The monoisotopic (exact) mass is 331 g/mol. The van der Waals surface area contributed by atoms with Gasteiger partial charge < -0.3 is 5.11 Å². The molecule has 0 amide bonds. The summed E-state index contributed by atoms with van der Waals surface area (Å²) in [6.45, 7) is 3.65. The molecule has 0 saturated carbocycles. The molecule has 0 aromatic heterocycles. The second-order valence-electron chi connectivity index (χ2n) is 5.49. The van der Waals surface area contributed by atoms with Crippen LogP contribution in [-0.4, -0.2) is 44.0 Å². The highest BCUT2D eigenvalue weighted by molar-refractivity contribution is 7.86. The lowest BCUT2D eigenvalue weighted by atomic mass is 10.00. The molecule has 1 aromatic carbocycles. The lowest BCUT2D eigenvalue weighted by Crippen LogP contribution is -2.24. The van der Waals surface area contributed by atoms with Crippen molar-refractivity contribution in [2.75, 3.05) is 19.7 Å². The molecule has 0 bridgehead atoms. The molecule has 1 aliphatic rings. The largest absolute Gasteiger partial charge is 0.393 e. The van der Waals surface area contributed by atoms with Crippen LogP contribution in [0.15, 0.2) is 29.2 Å². The highest BCUT2D eigenvalue weighted by Gasteiger charge is 2.26. The fourth-order valence-electron chi connectivity index (χ4n) is 2.42. The van der Waals surface area contributed by atoms with E-state index >= 15 is 0 Å². The number of aryl methyl sites for hydroxylation is 1. The Hall–Kier alpha value is -0.520. The summed E-state index contributed by atoms with van der Waals surface area (Å²) >= 11 is 0. The summed E-state index contributed by atoms with van der Waals surface area (Å²) in [6.07, 6.45) is 0.729. The van der Waals surface area contributed by atoms with Crippen molar-refractivity contribution in [1.82, 2.24) is 4.67 Å². The molecule has 1 heterocycles. The molecule has 21 heavy (non-hydrogen) atoms. The van der Waals surface area contributed by atoms with Gasteiger partial charge in [-0.1, -0.05) is 27.1 Å². The molecule has 1 fully saturated rings. The lowest BCUT2D eigenvalue weighted by Gasteiger charge is -2.17. The van der Waals surface area contributed by atoms with Gasteiger partial charge in [-0.25, -0.2) is 0 Å². The molecule has 1 aromatic rings. The maximum Gasteiger partial charge on any atom is 0.296 e. The summed E-state index contributed by atoms with van der Waals surface area (Å²) in [6, 6.07) is 6.53. The average molecular weight is 331 g/mol. The van der Waals surface area contributed by atoms with Crippen molar-refractivity contribution >= 4 is 19.5 Å². The van der Waals surface area contributed by atoms with Crippen LogP contribution in [0.25, 0.3) is 0 Å². The van der Waals surface area contributed by atoms with Crippen LogP contribution in [0, 0.1) is 12.8 Å². The number of aliphatic hydroxyl groups is 1. The van der Waals surface area contributed by atoms with E-state index in [1.807, 2.05) is 6.92 Å². The number of benzene rings is 1. The van der Waals surface area contributed by atoms with E-state index in [4.69, 9.17) is 4.18 Å². The molecule has 1 N–H and O–H groups in total. The van der Waals surface area contributed by atoms with Gasteiger partial charge in [0, 0.05) is 13.1 Å². The van der Waals surface area contributed by atoms with E-state index in [1.165, 1.54) is 12.1 Å². The van der Waals surface area contributed by atoms with Crippen molar-refractivity contribution in [3.8, 4) is 0 Å². The summed E-state index contributed by atoms with van der Waals surface area (Å²) < 4.78 is 31.1. The van der Waals surface area contributed by atoms with Crippen LogP contribution in [-0.2, 0) is 14.3 Å². The van der Waals surface area contributed by atoms with Gasteiger partial charge >= 0.3 is 0 Å². The molecule has 0 spiro atoms. The smallest absolute Gasteiger partial charge is 0.296 e. The van der Waals surface area contributed by atoms with E-state index in [9.17, 15) is 13.5 Å². The zero-order valence-corrected chi connectivity index (χ0v) is 14.1. The van der Waals surface area contributed by atoms with Gasteiger partial charge in [0.25, 0.3) is 10.1 Å². The second-order valence-corrected chi connectivity index (χ2v) is 7.83. The van der Waals surface area contributed by atoms with Crippen molar-refractivity contribution in [2.24, 2.45) is 5.92 Å². The highest BCUT2D eigenvalue weighted by Crippen LogP contribution is 2.24. The molecule has 1 aliphatic heterocycles. The van der Waals surface area contributed by atoms with Crippen molar-refractivity contribution < 1.29 is 17.7 Å². The van der Waals surface area contributed by atoms with Crippen LogP contribution in [0.5, 0.6) is 0 Å². The molecule has 5 nitrogen and oxygen atoms in total. The van der Waals surface area contributed by atoms with Crippen molar-refractivity contribution in [1.29, 1.82) is 0 Å². The molecule has 0 radical (unpaired) electrons. The third-order valence-electron chi connectivity index (χ3n) is 3.76. The van der Waals surface area contributed by atoms with Gasteiger partial charge in [-0.2, -0.15) is 8.42 Å². The van der Waals surface area contributed by atoms with Gasteiger partial charge in [-0.05, 0) is 37.8 Å². The van der Waals surface area contributed by atoms with Gasteiger partial charge in [0.1, 0.15) is 0 Å². The third-order valence-corrected chi connectivity index (χ3v) is 5.56. The van der Waals surface area contributed by atoms with Gasteiger partial charge in [-0.3, -0.25) is 8.85 Å². The molecule has 2 unspecified atom stereocenters. The lowest BCUT2D eigenvalue weighted by molar-refractivity contribution is 0.0899. The zero-order valence-electron chi connectivity index (χ0n) is 12.1. The Balaban J connectivity index is 1.83. The first-order valence-electron chi connectivity index (χ1n) is 7.02. The summed E-state index contributed by atoms with van der Waals surface area (Å²) in [7, 11) is -1.11. The summed E-state index contributed by atoms with van der Waals surface area (Å²) in [5.41, 5.74) is 0.993. The topological polar surface area (TPSA) is 66.8 Å². The van der Waals surface area contributed by atoms with E-state index in [2.05, 4.69) is 14.1 Å². The highest BCUT2D eigenvalue weighted by atomic mass is 32.2. The Labute approximate surface area is 128 Å². The minimum Gasteiger partial charge on any atom is -0.393 e. The molecule has 0 aliphatic carbocycles. The zero-order chi connectivity index (χ0) is 15.5. The molecule has 7 heteroatoms. The minimum absolute atomic E-state index is 0.00470. The second kappa shape index (κ2) is 7.16. The van der Waals surface area contributed by atoms with Crippen LogP contribution in [0.4, 0.5) is 0 Å². The van der Waals surface area contributed by atoms with Crippen LogP contribution < -0.4 is 0 Å². The number of hydrogen-bond acceptors (Lipinski definition) is 5. The molecular formula is C14H22NO4PS. The number of aliphatic hydroxyl groups excluding tert-OH is 1. The van der Waals surface area contributed by atoms with E-state index in [0.717, 1.165) is 25.1 Å². The number of nitrogens with zero attached hydrogens (tertiary/aromatic N) is 1. The Kier molecular flexibility index (Phi) is 5.74. The standard InChI is InChI=1S/C14H22NO4PS/c1-11-2-4-13(5-3-11)21(17,18)19-9-7-14(16)12-6-8-15(20)10-12/h2-5,12,14,16H,6-10,20H2,1H3/t12-,14?/m0/s1. The van der Waals surface area contributed by atoms with Gasteiger partial charge in [0.05, 0.1) is 17.6 Å². The van der Waals surface area contributed by atoms with Crippen molar-refractivity contribution in [3.63, 3.8) is 0 Å². The fourth-order valence-corrected chi connectivity index (χ4v) is 3.76. The SMILES string of the molecule is Cc1ccc(S(=O)(=O)OCCC(O)[C@H]2CCN(P)C2)cc1. The van der Waals surface area contributed by atoms with Crippen molar-refractivity contribution in [3.05, 3.63) is 29.8 Å². The normalized spacial score (nSPS) is 21.6. The summed E-state index contributed by atoms with van der Waals surface area (Å²) in [5, 5.41) is 10.1. The Morgan fingerprint density at radius 3 is 2.67 bits per heavy atom.